The van der Waals surface area contributed by atoms with Gasteiger partial charge in [-0.15, -0.1) is 0 Å². The average molecular weight is 414 g/mol. The first kappa shape index (κ1) is 21.3. The zero-order valence-corrected chi connectivity index (χ0v) is 17.2. The Labute approximate surface area is 180 Å². The van der Waals surface area contributed by atoms with E-state index >= 15 is 0 Å². The monoisotopic (exact) mass is 414 g/mol. The second kappa shape index (κ2) is 9.85. The predicted molar refractivity (Wildman–Crippen MR) is 121 cm³/mol. The van der Waals surface area contributed by atoms with Crippen LogP contribution < -0.4 is 25.4 Å². The van der Waals surface area contributed by atoms with Crippen LogP contribution in [0.4, 0.5) is 22.7 Å². The molecule has 156 valence electrons. The molecule has 0 fully saturated rings. The van der Waals surface area contributed by atoms with Crippen molar-refractivity contribution < 1.29 is 14.3 Å². The van der Waals surface area contributed by atoms with Crippen molar-refractivity contribution in [3.63, 3.8) is 0 Å². The zero-order chi connectivity index (χ0) is 22.2. The van der Waals surface area contributed by atoms with Gasteiger partial charge in [0.15, 0.2) is 0 Å². The lowest BCUT2D eigenvalue weighted by Gasteiger charge is -2.21. The number of nitrogens with zero attached hydrogens (tertiary/aromatic N) is 2. The van der Waals surface area contributed by atoms with Gasteiger partial charge in [-0.05, 0) is 48.5 Å². The number of hydrogen-bond acceptors (Lipinski definition) is 6. The van der Waals surface area contributed by atoms with E-state index in [0.29, 0.717) is 22.9 Å². The van der Waals surface area contributed by atoms with Crippen LogP contribution in [-0.2, 0) is 4.79 Å². The molecule has 0 aliphatic heterocycles. The number of nitriles is 1. The van der Waals surface area contributed by atoms with Crippen molar-refractivity contribution in [2.75, 3.05) is 30.2 Å². The molecule has 3 N–H and O–H groups in total. The largest absolute Gasteiger partial charge is 0.497 e. The fraction of sp³-hybridized carbons (Fsp3) is 0.0833. The molecule has 0 aliphatic rings. The highest BCUT2D eigenvalue weighted by Crippen LogP contribution is 2.30. The van der Waals surface area contributed by atoms with Crippen LogP contribution in [0, 0.1) is 11.3 Å². The van der Waals surface area contributed by atoms with Crippen LogP contribution in [0.25, 0.3) is 0 Å². The SMILES string of the molecule is COc1ccc(OC)c(NC(=O)/C(C#N)=C\N(c2ccccc2)c2ccc(N)cc2)c1. The zero-order valence-electron chi connectivity index (χ0n) is 17.2. The van der Waals surface area contributed by atoms with E-state index in [1.54, 1.807) is 35.2 Å². The van der Waals surface area contributed by atoms with Gasteiger partial charge in [0, 0.05) is 29.3 Å². The first-order chi connectivity index (χ1) is 15.0. The highest BCUT2D eigenvalue weighted by molar-refractivity contribution is 6.07. The summed E-state index contributed by atoms with van der Waals surface area (Å²) in [6.07, 6.45) is 1.49. The minimum Gasteiger partial charge on any atom is -0.497 e. The first-order valence-corrected chi connectivity index (χ1v) is 9.41. The third-order valence-electron chi connectivity index (χ3n) is 4.48. The van der Waals surface area contributed by atoms with Crippen molar-refractivity contribution in [2.24, 2.45) is 0 Å². The van der Waals surface area contributed by atoms with Crippen LogP contribution in [0.5, 0.6) is 11.5 Å². The van der Waals surface area contributed by atoms with E-state index in [9.17, 15) is 10.1 Å². The summed E-state index contributed by atoms with van der Waals surface area (Å²) in [5, 5.41) is 12.4. The Hall–Kier alpha value is -4.44. The number of para-hydroxylation sites is 1. The molecule has 3 aromatic carbocycles. The van der Waals surface area contributed by atoms with Gasteiger partial charge in [0.25, 0.3) is 5.91 Å². The summed E-state index contributed by atoms with van der Waals surface area (Å²) in [5.41, 5.74) is 8.26. The van der Waals surface area contributed by atoms with Crippen molar-refractivity contribution in [3.8, 4) is 17.6 Å². The molecule has 7 nitrogen and oxygen atoms in total. The predicted octanol–water partition coefficient (Wildman–Crippen LogP) is 4.47. The van der Waals surface area contributed by atoms with Crippen LogP contribution in [0.3, 0.4) is 0 Å². The third-order valence-corrected chi connectivity index (χ3v) is 4.48. The van der Waals surface area contributed by atoms with E-state index in [2.05, 4.69) is 5.32 Å². The molecule has 0 unspecified atom stereocenters. The minimum absolute atomic E-state index is 0.0921. The number of carbonyl (C=O) groups excluding carboxylic acids is 1. The number of nitrogens with one attached hydrogen (secondary N) is 1. The maximum absolute atomic E-state index is 12.9. The number of amides is 1. The lowest BCUT2D eigenvalue weighted by molar-refractivity contribution is -0.112. The van der Waals surface area contributed by atoms with Gasteiger partial charge >= 0.3 is 0 Å². The van der Waals surface area contributed by atoms with Crippen molar-refractivity contribution in [1.29, 1.82) is 5.26 Å². The number of hydrogen-bond donors (Lipinski definition) is 2. The molecule has 0 aliphatic carbocycles. The standard InChI is InChI=1S/C24H22N4O3/c1-30-21-12-13-23(31-2)22(14-21)27-24(29)17(15-25)16-28(19-6-4-3-5-7-19)20-10-8-18(26)9-11-20/h3-14,16H,26H2,1-2H3,(H,27,29)/b17-16-. The molecule has 0 saturated heterocycles. The van der Waals surface area contributed by atoms with Crippen LogP contribution in [0.1, 0.15) is 0 Å². The summed E-state index contributed by atoms with van der Waals surface area (Å²) in [7, 11) is 3.02. The molecule has 7 heteroatoms. The number of methoxy groups -OCH3 is 2. The van der Waals surface area contributed by atoms with Gasteiger partial charge in [-0.2, -0.15) is 5.26 Å². The highest BCUT2D eigenvalue weighted by Gasteiger charge is 2.16. The lowest BCUT2D eigenvalue weighted by Crippen LogP contribution is -2.18. The van der Waals surface area contributed by atoms with Crippen molar-refractivity contribution in [3.05, 3.63) is 84.6 Å². The van der Waals surface area contributed by atoms with Crippen LogP contribution in [0.15, 0.2) is 84.6 Å². The van der Waals surface area contributed by atoms with Crippen molar-refractivity contribution >= 4 is 28.7 Å². The molecule has 0 spiro atoms. The number of rotatable bonds is 7. The van der Waals surface area contributed by atoms with Crippen LogP contribution in [0.2, 0.25) is 0 Å². The summed E-state index contributed by atoms with van der Waals surface area (Å²) in [6, 6.07) is 23.5. The minimum atomic E-state index is -0.578. The maximum Gasteiger partial charge on any atom is 0.267 e. The summed E-state index contributed by atoms with van der Waals surface area (Å²) >= 11 is 0. The fourth-order valence-corrected chi connectivity index (χ4v) is 2.89. The number of anilines is 4. The van der Waals surface area contributed by atoms with E-state index < -0.39 is 5.91 Å². The van der Waals surface area contributed by atoms with Crippen LogP contribution >= 0.6 is 0 Å². The van der Waals surface area contributed by atoms with Gasteiger partial charge in [-0.3, -0.25) is 4.79 Å². The number of carbonyl (C=O) groups is 1. The number of nitrogens with two attached hydrogens (primary N) is 1. The van der Waals surface area contributed by atoms with E-state index in [0.717, 1.165) is 11.4 Å². The molecular weight excluding hydrogens is 392 g/mol. The number of benzene rings is 3. The van der Waals surface area contributed by atoms with E-state index in [4.69, 9.17) is 15.2 Å². The van der Waals surface area contributed by atoms with E-state index in [-0.39, 0.29) is 5.57 Å². The van der Waals surface area contributed by atoms with Crippen LogP contribution in [-0.4, -0.2) is 20.1 Å². The molecule has 31 heavy (non-hydrogen) atoms. The average Bonchev–Trinajstić information content (AvgIpc) is 2.81. The molecule has 0 saturated carbocycles. The quantitative estimate of drug-likeness (QED) is 0.336. The number of nitrogen functional groups attached to an aromatic ring is 1. The molecule has 3 aromatic rings. The second-order valence-electron chi connectivity index (χ2n) is 6.47. The Bertz CT molecular complexity index is 1120. The summed E-state index contributed by atoms with van der Waals surface area (Å²) in [5.74, 6) is 0.418. The smallest absolute Gasteiger partial charge is 0.267 e. The molecule has 0 aromatic heterocycles. The van der Waals surface area contributed by atoms with Gasteiger partial charge in [-0.1, -0.05) is 18.2 Å². The lowest BCUT2D eigenvalue weighted by atomic mass is 10.2. The van der Waals surface area contributed by atoms with Gasteiger partial charge in [0.2, 0.25) is 0 Å². The van der Waals surface area contributed by atoms with Gasteiger partial charge < -0.3 is 25.4 Å². The van der Waals surface area contributed by atoms with Gasteiger partial charge in [0.05, 0.1) is 19.9 Å². The molecular formula is C24H22N4O3. The Balaban J connectivity index is 1.98. The number of ether oxygens (including phenoxy) is 2. The summed E-state index contributed by atoms with van der Waals surface area (Å²) in [4.78, 5) is 14.7. The second-order valence-corrected chi connectivity index (χ2v) is 6.47. The van der Waals surface area contributed by atoms with E-state index in [1.165, 1.54) is 20.4 Å². The van der Waals surface area contributed by atoms with Gasteiger partial charge in [-0.25, -0.2) is 0 Å². The molecule has 0 bridgehead atoms. The molecule has 0 heterocycles. The normalized spacial score (nSPS) is 10.7. The topological polar surface area (TPSA) is 101 Å². The first-order valence-electron chi connectivity index (χ1n) is 9.41. The third kappa shape index (κ3) is 5.14. The van der Waals surface area contributed by atoms with Crippen molar-refractivity contribution in [1.82, 2.24) is 0 Å². The molecule has 1 amide bonds. The van der Waals surface area contributed by atoms with Gasteiger partial charge in [0.1, 0.15) is 23.1 Å². The highest BCUT2D eigenvalue weighted by atomic mass is 16.5. The maximum atomic E-state index is 12.9. The fourth-order valence-electron chi connectivity index (χ4n) is 2.89. The molecule has 0 radical (unpaired) electrons. The summed E-state index contributed by atoms with van der Waals surface area (Å²) < 4.78 is 10.5. The Morgan fingerprint density at radius 2 is 1.68 bits per heavy atom. The molecule has 0 atom stereocenters. The Kier molecular flexibility index (Phi) is 6.76. The van der Waals surface area contributed by atoms with Crippen molar-refractivity contribution in [2.45, 2.75) is 0 Å². The Morgan fingerprint density at radius 3 is 2.29 bits per heavy atom. The molecule has 3 rings (SSSR count). The van der Waals surface area contributed by atoms with E-state index in [1.807, 2.05) is 48.5 Å². The summed E-state index contributed by atoms with van der Waals surface area (Å²) in [6.45, 7) is 0. The Morgan fingerprint density at radius 1 is 1.00 bits per heavy atom.